The normalized spacial score (nSPS) is 14.7. The molecule has 0 atom stereocenters. The Morgan fingerprint density at radius 1 is 0.870 bits per heavy atom. The number of carbonyl (C=O) groups is 2. The average Bonchev–Trinajstić information content (AvgIpc) is 3.55. The SMILES string of the molecule is O=C(CCC(=O)N1CCN(CCCN2c3ccccc3Sc3ccc(C(F)(F)F)cc32)CC1)OCCCCOc1no[n+]([O-])c1S(=O)(=O)c1ccccc1. The van der Waals surface area contributed by atoms with Crippen LogP contribution in [0.1, 0.15) is 37.7 Å². The Morgan fingerprint density at radius 2 is 1.57 bits per heavy atom. The van der Waals surface area contributed by atoms with Crippen LogP contribution in [0.4, 0.5) is 24.5 Å². The second kappa shape index (κ2) is 17.1. The Hall–Kier alpha value is -4.81. The smallest absolute Gasteiger partial charge is 0.416 e. The van der Waals surface area contributed by atoms with E-state index in [0.717, 1.165) is 21.5 Å². The van der Waals surface area contributed by atoms with Crippen molar-refractivity contribution in [3.05, 3.63) is 83.6 Å². The Labute approximate surface area is 314 Å². The third kappa shape index (κ3) is 9.27. The molecule has 3 heterocycles. The van der Waals surface area contributed by atoms with Crippen molar-refractivity contribution in [2.24, 2.45) is 0 Å². The highest BCUT2D eigenvalue weighted by molar-refractivity contribution is 7.99. The number of sulfone groups is 1. The molecule has 0 saturated carbocycles. The number of halogens is 3. The van der Waals surface area contributed by atoms with Gasteiger partial charge in [-0.15, -0.1) is 0 Å². The molecule has 1 fully saturated rings. The van der Waals surface area contributed by atoms with E-state index in [1.807, 2.05) is 29.2 Å². The van der Waals surface area contributed by atoms with Crippen LogP contribution in [0.15, 0.2) is 97.1 Å². The van der Waals surface area contributed by atoms with Crippen LogP contribution in [-0.2, 0) is 30.3 Å². The van der Waals surface area contributed by atoms with Crippen LogP contribution < -0.4 is 14.5 Å². The number of anilines is 2. The van der Waals surface area contributed by atoms with Gasteiger partial charge in [0.25, 0.3) is 9.84 Å². The summed E-state index contributed by atoms with van der Waals surface area (Å²) in [6.07, 6.45) is -3.07. The number of rotatable bonds is 15. The van der Waals surface area contributed by atoms with Crippen molar-refractivity contribution in [3.63, 3.8) is 0 Å². The number of hydrogen-bond donors (Lipinski definition) is 0. The Bertz CT molecular complexity index is 2040. The minimum Gasteiger partial charge on any atom is -0.466 e. The van der Waals surface area contributed by atoms with Gasteiger partial charge in [-0.3, -0.25) is 19.1 Å². The highest BCUT2D eigenvalue weighted by Gasteiger charge is 2.36. The molecule has 0 aliphatic carbocycles. The summed E-state index contributed by atoms with van der Waals surface area (Å²) in [5.74, 6) is -1.14. The van der Waals surface area contributed by atoms with E-state index in [0.29, 0.717) is 64.2 Å². The van der Waals surface area contributed by atoms with Crippen LogP contribution in [0.3, 0.4) is 0 Å². The maximum Gasteiger partial charge on any atom is 0.416 e. The molecular formula is C36H38F3N5O8S2. The number of unbranched alkanes of at least 4 members (excludes halogenated alkanes) is 1. The minimum absolute atomic E-state index is 0.00761. The molecule has 1 saturated heterocycles. The lowest BCUT2D eigenvalue weighted by atomic mass is 10.1. The van der Waals surface area contributed by atoms with Crippen LogP contribution in [0.25, 0.3) is 0 Å². The quantitative estimate of drug-likeness (QED) is 0.0853. The van der Waals surface area contributed by atoms with E-state index in [1.54, 1.807) is 11.0 Å². The number of nitrogens with zero attached hydrogens (tertiary/aromatic N) is 5. The van der Waals surface area contributed by atoms with E-state index in [4.69, 9.17) is 9.47 Å². The van der Waals surface area contributed by atoms with Gasteiger partial charge in [0, 0.05) is 48.9 Å². The van der Waals surface area contributed by atoms with Crippen molar-refractivity contribution < 1.29 is 50.2 Å². The molecule has 18 heteroatoms. The van der Waals surface area contributed by atoms with Gasteiger partial charge in [0.15, 0.2) is 0 Å². The standard InChI is InChI=1S/C36H38F3N5O8S2/c37-36(38,39)26-13-14-31-29(25-26)43(28-11-4-5-12-30(28)53-31)18-8-17-41-19-21-42(22-20-41)32(45)15-16-33(46)50-23-6-7-24-51-34-35(44(47)52-40-34)54(48,49)27-9-2-1-3-10-27/h1-5,9-14,25H,6-8,15-24H2. The van der Waals surface area contributed by atoms with Crippen LogP contribution in [0.2, 0.25) is 0 Å². The molecule has 288 valence electrons. The van der Waals surface area contributed by atoms with Gasteiger partial charge in [-0.25, -0.2) is 8.42 Å². The van der Waals surface area contributed by atoms with Crippen molar-refractivity contribution >= 4 is 44.9 Å². The number of amides is 1. The second-order valence-corrected chi connectivity index (χ2v) is 15.6. The number of hydrogen-bond acceptors (Lipinski definition) is 12. The lowest BCUT2D eigenvalue weighted by Gasteiger charge is -2.36. The largest absolute Gasteiger partial charge is 0.466 e. The summed E-state index contributed by atoms with van der Waals surface area (Å²) < 4.78 is 81.4. The van der Waals surface area contributed by atoms with Gasteiger partial charge in [-0.05, 0) is 73.2 Å². The van der Waals surface area contributed by atoms with E-state index in [9.17, 15) is 36.4 Å². The Balaban J connectivity index is 0.872. The summed E-state index contributed by atoms with van der Waals surface area (Å²) in [7, 11) is -4.23. The summed E-state index contributed by atoms with van der Waals surface area (Å²) >= 11 is 1.46. The summed E-state index contributed by atoms with van der Waals surface area (Å²) in [5.41, 5.74) is 0.751. The van der Waals surface area contributed by atoms with Gasteiger partial charge < -0.3 is 24.5 Å². The average molecular weight is 790 g/mol. The zero-order valence-corrected chi connectivity index (χ0v) is 30.7. The molecule has 2 aliphatic heterocycles. The third-order valence-electron chi connectivity index (χ3n) is 8.97. The summed E-state index contributed by atoms with van der Waals surface area (Å²) in [5, 5.41) is 14.6. The second-order valence-electron chi connectivity index (χ2n) is 12.6. The lowest BCUT2D eigenvalue weighted by Crippen LogP contribution is -2.49. The number of esters is 1. The minimum atomic E-state index is -4.44. The first-order valence-electron chi connectivity index (χ1n) is 17.4. The molecule has 6 rings (SSSR count). The fourth-order valence-corrected chi connectivity index (χ4v) is 8.53. The Kier molecular flexibility index (Phi) is 12.3. The molecule has 13 nitrogen and oxygen atoms in total. The molecule has 4 aromatic rings. The monoisotopic (exact) mass is 789 g/mol. The summed E-state index contributed by atoms with van der Waals surface area (Å²) in [4.78, 5) is 32.4. The van der Waals surface area contributed by atoms with Crippen molar-refractivity contribution in [3.8, 4) is 5.88 Å². The van der Waals surface area contributed by atoms with E-state index in [1.165, 1.54) is 48.2 Å². The first kappa shape index (κ1) is 38.9. The first-order valence-corrected chi connectivity index (χ1v) is 19.7. The van der Waals surface area contributed by atoms with E-state index >= 15 is 0 Å². The number of alkyl halides is 3. The fraction of sp³-hybridized carbons (Fsp3) is 0.389. The lowest BCUT2D eigenvalue weighted by molar-refractivity contribution is -0.832. The molecule has 0 radical (unpaired) electrons. The van der Waals surface area contributed by atoms with Gasteiger partial charge >= 0.3 is 23.1 Å². The third-order valence-corrected chi connectivity index (χ3v) is 11.8. The van der Waals surface area contributed by atoms with Gasteiger partial charge in [0.05, 0.1) is 46.6 Å². The van der Waals surface area contributed by atoms with Crippen molar-refractivity contribution in [1.29, 1.82) is 0 Å². The van der Waals surface area contributed by atoms with Crippen LogP contribution in [0.5, 0.6) is 5.88 Å². The number of para-hydroxylation sites is 1. The molecule has 0 N–H and O–H groups in total. The number of carbonyl (C=O) groups excluding carboxylic acids is 2. The fourth-order valence-electron chi connectivity index (χ4n) is 6.16. The maximum absolute atomic E-state index is 13.5. The molecule has 0 spiro atoms. The molecule has 1 amide bonds. The number of piperazine rings is 1. The van der Waals surface area contributed by atoms with Crippen LogP contribution >= 0.6 is 11.8 Å². The van der Waals surface area contributed by atoms with Crippen molar-refractivity contribution in [1.82, 2.24) is 15.0 Å². The number of ether oxygens (including phenoxy) is 2. The molecule has 0 bridgehead atoms. The molecular weight excluding hydrogens is 752 g/mol. The zero-order chi connectivity index (χ0) is 38.3. The van der Waals surface area contributed by atoms with Crippen LogP contribution in [0, 0.1) is 5.21 Å². The highest BCUT2D eigenvalue weighted by atomic mass is 32.2. The maximum atomic E-state index is 13.5. The van der Waals surface area contributed by atoms with Gasteiger partial charge in [-0.2, -0.15) is 13.2 Å². The predicted molar refractivity (Wildman–Crippen MR) is 189 cm³/mol. The summed E-state index contributed by atoms with van der Waals surface area (Å²) in [6.45, 7) is 3.57. The van der Waals surface area contributed by atoms with Gasteiger partial charge in [0.2, 0.25) is 5.91 Å². The molecule has 2 aliphatic rings. The Morgan fingerprint density at radius 3 is 2.33 bits per heavy atom. The summed E-state index contributed by atoms with van der Waals surface area (Å²) in [6, 6.07) is 18.9. The van der Waals surface area contributed by atoms with Crippen molar-refractivity contribution in [2.75, 3.05) is 57.4 Å². The van der Waals surface area contributed by atoms with Crippen LogP contribution in [-0.4, -0.2) is 87.7 Å². The van der Waals surface area contributed by atoms with E-state index in [2.05, 4.69) is 14.7 Å². The molecule has 54 heavy (non-hydrogen) atoms. The molecule has 1 aromatic heterocycles. The number of aromatic nitrogens is 2. The highest BCUT2D eigenvalue weighted by Crippen LogP contribution is 2.49. The number of fused-ring (bicyclic) bond motifs is 2. The van der Waals surface area contributed by atoms with E-state index in [-0.39, 0.29) is 41.8 Å². The topological polar surface area (TPSA) is 149 Å². The first-order chi connectivity index (χ1) is 25.9. The molecule has 0 unspecified atom stereocenters. The van der Waals surface area contributed by atoms with Gasteiger partial charge in [0.1, 0.15) is 0 Å². The zero-order valence-electron chi connectivity index (χ0n) is 29.1. The predicted octanol–water partition coefficient (Wildman–Crippen LogP) is 5.48. The van der Waals surface area contributed by atoms with E-state index < -0.39 is 38.5 Å². The van der Waals surface area contributed by atoms with Gasteiger partial charge in [-0.1, -0.05) is 42.1 Å². The van der Waals surface area contributed by atoms with Crippen molar-refractivity contribution in [2.45, 2.75) is 58.0 Å². The number of benzene rings is 3. The molecule has 3 aromatic carbocycles.